The molecular formula is C18H18ClN3O2. The molecule has 0 saturated carbocycles. The SMILES string of the molecule is COc1ccc(NC(N)=NCCc2cc3ccccc3o2)cc1Cl. The Labute approximate surface area is 145 Å². The molecular weight excluding hydrogens is 326 g/mol. The van der Waals surface area contributed by atoms with Crippen molar-refractivity contribution in [3.05, 3.63) is 59.3 Å². The third-order valence-corrected chi connectivity index (χ3v) is 3.84. The summed E-state index contributed by atoms with van der Waals surface area (Å²) < 4.78 is 10.9. The molecule has 0 atom stereocenters. The topological polar surface area (TPSA) is 72.8 Å². The molecule has 3 aromatic rings. The highest BCUT2D eigenvalue weighted by Crippen LogP contribution is 2.27. The van der Waals surface area contributed by atoms with Gasteiger partial charge in [0, 0.05) is 24.0 Å². The molecule has 0 radical (unpaired) electrons. The van der Waals surface area contributed by atoms with Crippen molar-refractivity contribution in [3.63, 3.8) is 0 Å². The van der Waals surface area contributed by atoms with E-state index >= 15 is 0 Å². The van der Waals surface area contributed by atoms with Crippen molar-refractivity contribution >= 4 is 34.2 Å². The molecule has 0 unspecified atom stereocenters. The first-order valence-electron chi connectivity index (χ1n) is 7.53. The zero-order valence-corrected chi connectivity index (χ0v) is 14.0. The molecule has 0 bridgehead atoms. The molecule has 0 amide bonds. The van der Waals surface area contributed by atoms with Crippen molar-refractivity contribution in [3.8, 4) is 5.75 Å². The Bertz CT molecular complexity index is 841. The van der Waals surface area contributed by atoms with Gasteiger partial charge in [0.05, 0.1) is 12.1 Å². The van der Waals surface area contributed by atoms with Gasteiger partial charge in [-0.3, -0.25) is 4.99 Å². The van der Waals surface area contributed by atoms with E-state index < -0.39 is 0 Å². The number of benzene rings is 2. The average molecular weight is 344 g/mol. The van der Waals surface area contributed by atoms with E-state index in [-0.39, 0.29) is 0 Å². The first kappa shape index (κ1) is 16.2. The maximum absolute atomic E-state index is 6.08. The molecule has 0 spiro atoms. The molecule has 2 aromatic carbocycles. The summed E-state index contributed by atoms with van der Waals surface area (Å²) in [6, 6.07) is 15.3. The highest BCUT2D eigenvalue weighted by atomic mass is 35.5. The highest BCUT2D eigenvalue weighted by Gasteiger charge is 2.04. The maximum atomic E-state index is 6.08. The smallest absolute Gasteiger partial charge is 0.193 e. The number of anilines is 1. The molecule has 1 aromatic heterocycles. The van der Waals surface area contributed by atoms with E-state index in [0.717, 1.165) is 22.4 Å². The minimum atomic E-state index is 0.326. The second-order valence-electron chi connectivity index (χ2n) is 5.24. The number of guanidine groups is 1. The van der Waals surface area contributed by atoms with Gasteiger partial charge in [-0.05, 0) is 30.3 Å². The second-order valence-corrected chi connectivity index (χ2v) is 5.65. The first-order chi connectivity index (χ1) is 11.7. The number of hydrogen-bond acceptors (Lipinski definition) is 3. The Morgan fingerprint density at radius 2 is 2.08 bits per heavy atom. The number of nitrogens with one attached hydrogen (secondary N) is 1. The summed E-state index contributed by atoms with van der Waals surface area (Å²) >= 11 is 6.08. The number of furan rings is 1. The van der Waals surface area contributed by atoms with E-state index in [4.69, 9.17) is 26.5 Å². The van der Waals surface area contributed by atoms with E-state index in [1.807, 2.05) is 36.4 Å². The Hall–Kier alpha value is -2.66. The highest BCUT2D eigenvalue weighted by molar-refractivity contribution is 6.32. The normalized spacial score (nSPS) is 11.7. The van der Waals surface area contributed by atoms with E-state index in [1.165, 1.54) is 0 Å². The molecule has 0 aliphatic carbocycles. The lowest BCUT2D eigenvalue weighted by molar-refractivity contribution is 0.415. The minimum absolute atomic E-state index is 0.326. The third-order valence-electron chi connectivity index (χ3n) is 3.54. The van der Waals surface area contributed by atoms with Gasteiger partial charge in [0.15, 0.2) is 5.96 Å². The van der Waals surface area contributed by atoms with E-state index in [1.54, 1.807) is 19.2 Å². The van der Waals surface area contributed by atoms with Crippen LogP contribution in [0, 0.1) is 0 Å². The number of fused-ring (bicyclic) bond motifs is 1. The largest absolute Gasteiger partial charge is 0.495 e. The number of nitrogens with two attached hydrogens (primary N) is 1. The number of hydrogen-bond donors (Lipinski definition) is 2. The molecule has 0 aliphatic heterocycles. The fourth-order valence-corrected chi connectivity index (χ4v) is 2.64. The van der Waals surface area contributed by atoms with Crippen molar-refractivity contribution in [1.29, 1.82) is 0 Å². The zero-order valence-electron chi connectivity index (χ0n) is 13.3. The predicted molar refractivity (Wildman–Crippen MR) is 98.0 cm³/mol. The Morgan fingerprint density at radius 1 is 1.25 bits per heavy atom. The standard InChI is InChI=1S/C18H18ClN3O2/c1-23-17-7-6-13(11-15(17)19)22-18(20)21-9-8-14-10-12-4-2-3-5-16(12)24-14/h2-7,10-11H,8-9H2,1H3,(H3,20,21,22). The number of methoxy groups -OCH3 is 1. The first-order valence-corrected chi connectivity index (χ1v) is 7.91. The number of halogens is 1. The van der Waals surface area contributed by atoms with Gasteiger partial charge in [-0.25, -0.2) is 0 Å². The van der Waals surface area contributed by atoms with E-state index in [0.29, 0.717) is 29.7 Å². The van der Waals surface area contributed by atoms with Gasteiger partial charge in [0.2, 0.25) is 0 Å². The Morgan fingerprint density at radius 3 is 2.83 bits per heavy atom. The number of ether oxygens (including phenoxy) is 1. The number of aliphatic imine (C=N–C) groups is 1. The summed E-state index contributed by atoms with van der Waals surface area (Å²) in [5.41, 5.74) is 7.54. The van der Waals surface area contributed by atoms with Gasteiger partial charge in [0.1, 0.15) is 17.1 Å². The van der Waals surface area contributed by atoms with Crippen LogP contribution in [0.2, 0.25) is 5.02 Å². The number of para-hydroxylation sites is 1. The summed E-state index contributed by atoms with van der Waals surface area (Å²) in [5, 5.41) is 4.61. The lowest BCUT2D eigenvalue weighted by Crippen LogP contribution is -2.23. The van der Waals surface area contributed by atoms with Crippen molar-refractivity contribution < 1.29 is 9.15 Å². The molecule has 5 nitrogen and oxygen atoms in total. The van der Waals surface area contributed by atoms with Crippen LogP contribution in [-0.2, 0) is 6.42 Å². The third kappa shape index (κ3) is 3.81. The lowest BCUT2D eigenvalue weighted by Gasteiger charge is -2.08. The summed E-state index contributed by atoms with van der Waals surface area (Å²) in [6.07, 6.45) is 0.681. The van der Waals surface area contributed by atoms with Gasteiger partial charge in [-0.15, -0.1) is 0 Å². The minimum Gasteiger partial charge on any atom is -0.495 e. The fourth-order valence-electron chi connectivity index (χ4n) is 2.38. The lowest BCUT2D eigenvalue weighted by atomic mass is 10.2. The maximum Gasteiger partial charge on any atom is 0.193 e. The van der Waals surface area contributed by atoms with Gasteiger partial charge >= 0.3 is 0 Å². The second kappa shape index (κ2) is 7.27. The van der Waals surface area contributed by atoms with Gasteiger partial charge in [0.25, 0.3) is 0 Å². The monoisotopic (exact) mass is 343 g/mol. The van der Waals surface area contributed by atoms with Crippen LogP contribution in [-0.4, -0.2) is 19.6 Å². The van der Waals surface area contributed by atoms with Crippen LogP contribution in [0.1, 0.15) is 5.76 Å². The molecule has 1 heterocycles. The summed E-state index contributed by atoms with van der Waals surface area (Å²) in [6.45, 7) is 0.530. The van der Waals surface area contributed by atoms with Gasteiger partial charge in [-0.2, -0.15) is 0 Å². The van der Waals surface area contributed by atoms with Crippen molar-refractivity contribution in [2.45, 2.75) is 6.42 Å². The summed E-state index contributed by atoms with van der Waals surface area (Å²) in [4.78, 5) is 4.31. The van der Waals surface area contributed by atoms with Crippen LogP contribution in [0.15, 0.2) is 57.9 Å². The van der Waals surface area contributed by atoms with Crippen LogP contribution in [0.3, 0.4) is 0 Å². The fraction of sp³-hybridized carbons (Fsp3) is 0.167. The van der Waals surface area contributed by atoms with Crippen LogP contribution in [0.4, 0.5) is 5.69 Å². The van der Waals surface area contributed by atoms with Crippen LogP contribution in [0.25, 0.3) is 11.0 Å². The van der Waals surface area contributed by atoms with Crippen LogP contribution >= 0.6 is 11.6 Å². The number of rotatable bonds is 5. The average Bonchev–Trinajstić information content (AvgIpc) is 2.97. The molecule has 24 heavy (non-hydrogen) atoms. The van der Waals surface area contributed by atoms with E-state index in [9.17, 15) is 0 Å². The Balaban J connectivity index is 1.58. The number of nitrogens with zero attached hydrogens (tertiary/aromatic N) is 1. The predicted octanol–water partition coefficient (Wildman–Crippen LogP) is 4.06. The molecule has 0 fully saturated rings. The van der Waals surface area contributed by atoms with Crippen LogP contribution in [0.5, 0.6) is 5.75 Å². The van der Waals surface area contributed by atoms with Crippen molar-refractivity contribution in [1.82, 2.24) is 0 Å². The molecule has 124 valence electrons. The molecule has 6 heteroatoms. The van der Waals surface area contributed by atoms with Gasteiger partial charge in [-0.1, -0.05) is 29.8 Å². The molecule has 0 aliphatic rings. The Kier molecular flexibility index (Phi) is 4.91. The van der Waals surface area contributed by atoms with Crippen molar-refractivity contribution in [2.24, 2.45) is 10.7 Å². The van der Waals surface area contributed by atoms with E-state index in [2.05, 4.69) is 10.3 Å². The van der Waals surface area contributed by atoms with Crippen molar-refractivity contribution in [2.75, 3.05) is 19.0 Å². The summed E-state index contributed by atoms with van der Waals surface area (Å²) in [7, 11) is 1.57. The zero-order chi connectivity index (χ0) is 16.9. The quantitative estimate of drug-likeness (QED) is 0.541. The molecule has 0 saturated heterocycles. The van der Waals surface area contributed by atoms with Gasteiger partial charge < -0.3 is 20.2 Å². The molecule has 3 rings (SSSR count). The van der Waals surface area contributed by atoms with Crippen LogP contribution < -0.4 is 15.8 Å². The summed E-state index contributed by atoms with van der Waals surface area (Å²) in [5.74, 6) is 1.83. The molecule has 3 N–H and O–H groups in total.